The number of carbonyl (C=O) groups is 1. The third-order valence-electron chi connectivity index (χ3n) is 9.18. The lowest BCUT2D eigenvalue weighted by Crippen LogP contribution is -2.64. The fourth-order valence-corrected chi connectivity index (χ4v) is 8.20. The second-order valence-corrected chi connectivity index (χ2v) is 10.9. The molecule has 1 N–H and O–H groups in total. The molecule has 4 aliphatic carbocycles. The third-order valence-corrected chi connectivity index (χ3v) is 10.8. The molecule has 0 amide bonds. The summed E-state index contributed by atoms with van der Waals surface area (Å²) in [6.07, 6.45) is 7.54. The van der Waals surface area contributed by atoms with Crippen LogP contribution in [-0.4, -0.2) is 26.7 Å². The summed E-state index contributed by atoms with van der Waals surface area (Å²) >= 11 is 13.7. The molecule has 0 heterocycles. The van der Waals surface area contributed by atoms with E-state index in [0.717, 1.165) is 44.9 Å². The summed E-state index contributed by atoms with van der Waals surface area (Å²) in [7, 11) is 0. The van der Waals surface area contributed by atoms with Crippen molar-refractivity contribution >= 4 is 29.0 Å². The highest BCUT2D eigenvalue weighted by Crippen LogP contribution is 2.70. The Balaban J connectivity index is 1.71. The Morgan fingerprint density at radius 3 is 2.29 bits per heavy atom. The molecule has 0 spiro atoms. The van der Waals surface area contributed by atoms with Crippen molar-refractivity contribution in [1.82, 2.24) is 0 Å². The molecule has 24 heavy (non-hydrogen) atoms. The van der Waals surface area contributed by atoms with Gasteiger partial charge in [-0.2, -0.15) is 0 Å². The van der Waals surface area contributed by atoms with Crippen LogP contribution in [0.3, 0.4) is 0 Å². The number of rotatable bonds is 0. The number of hydrogen-bond donors (Lipinski definition) is 1. The molecule has 4 aliphatic rings. The van der Waals surface area contributed by atoms with Gasteiger partial charge in [-0.25, -0.2) is 0 Å². The quantitative estimate of drug-likeness (QED) is 0.612. The van der Waals surface area contributed by atoms with Crippen molar-refractivity contribution in [3.63, 3.8) is 0 Å². The molecule has 4 fully saturated rings. The molecule has 4 heteroatoms. The summed E-state index contributed by atoms with van der Waals surface area (Å²) in [6, 6.07) is 0. The number of Topliss-reactive ketones (excluding diaryl/α,β-unsaturated/α-hetero) is 1. The average molecular weight is 373 g/mol. The van der Waals surface area contributed by atoms with Gasteiger partial charge in [0, 0.05) is 6.42 Å². The maximum absolute atomic E-state index is 12.2. The molecule has 8 atom stereocenters. The average Bonchev–Trinajstić information content (AvgIpc) is 2.77. The third kappa shape index (κ3) is 1.92. The van der Waals surface area contributed by atoms with Crippen molar-refractivity contribution in [2.45, 2.75) is 88.0 Å². The van der Waals surface area contributed by atoms with Gasteiger partial charge in [-0.1, -0.05) is 13.8 Å². The van der Waals surface area contributed by atoms with E-state index < -0.39 is 15.9 Å². The lowest BCUT2D eigenvalue weighted by atomic mass is 9.44. The molecule has 2 nitrogen and oxygen atoms in total. The van der Waals surface area contributed by atoms with E-state index in [1.165, 1.54) is 0 Å². The Morgan fingerprint density at radius 1 is 0.958 bits per heavy atom. The molecule has 0 aromatic rings. The number of hydrogen-bond acceptors (Lipinski definition) is 2. The van der Waals surface area contributed by atoms with E-state index >= 15 is 0 Å². The highest BCUT2D eigenvalue weighted by molar-refractivity contribution is 6.40. The van der Waals surface area contributed by atoms with Crippen LogP contribution in [0.5, 0.6) is 0 Å². The van der Waals surface area contributed by atoms with Gasteiger partial charge in [0.05, 0.1) is 10.5 Å². The largest absolute Gasteiger partial charge is 0.390 e. The van der Waals surface area contributed by atoms with Gasteiger partial charge >= 0.3 is 0 Å². The molecule has 4 rings (SSSR count). The van der Waals surface area contributed by atoms with E-state index in [4.69, 9.17) is 23.2 Å². The molecule has 0 aromatic carbocycles. The summed E-state index contributed by atoms with van der Waals surface area (Å²) in [4.78, 5) is 11.6. The Kier molecular flexibility index (Phi) is 3.77. The minimum Gasteiger partial charge on any atom is -0.390 e. The Morgan fingerprint density at radius 2 is 1.58 bits per heavy atom. The fourth-order valence-electron chi connectivity index (χ4n) is 7.27. The molecular formula is C20H30Cl2O2. The first kappa shape index (κ1) is 17.6. The molecular weight excluding hydrogens is 343 g/mol. The number of ketones is 1. The fraction of sp³-hybridized carbons (Fsp3) is 0.950. The van der Waals surface area contributed by atoms with Crippen molar-refractivity contribution in [3.8, 4) is 0 Å². The maximum Gasteiger partial charge on any atom is 0.152 e. The monoisotopic (exact) mass is 372 g/mol. The molecule has 2 unspecified atom stereocenters. The van der Waals surface area contributed by atoms with Crippen molar-refractivity contribution in [2.24, 2.45) is 28.6 Å². The minimum absolute atomic E-state index is 0.0295. The van der Waals surface area contributed by atoms with Crippen LogP contribution < -0.4 is 0 Å². The predicted octanol–water partition coefficient (Wildman–Crippen LogP) is 4.93. The van der Waals surface area contributed by atoms with Crippen LogP contribution in [-0.2, 0) is 4.79 Å². The number of carbonyl (C=O) groups excluding carboxylic acids is 1. The van der Waals surface area contributed by atoms with E-state index in [-0.39, 0.29) is 16.6 Å². The van der Waals surface area contributed by atoms with E-state index in [0.29, 0.717) is 24.2 Å². The summed E-state index contributed by atoms with van der Waals surface area (Å²) in [6.45, 7) is 6.65. The standard InChI is InChI=1S/C20H30Cl2O2/c1-17-8-5-14-12(13(17)6-10-19(17,3)24)4-11-20(22)16(21)15(23)7-9-18(14,20)2/h12-14,16,24H,4-11H2,1-3H3/t12-,13-,14-,16?,17-,18+,19-,20?/m0/s1. The smallest absolute Gasteiger partial charge is 0.152 e. The number of aliphatic hydroxyl groups is 1. The topological polar surface area (TPSA) is 37.3 Å². The van der Waals surface area contributed by atoms with Crippen LogP contribution in [0.25, 0.3) is 0 Å². The van der Waals surface area contributed by atoms with Crippen molar-refractivity contribution in [3.05, 3.63) is 0 Å². The van der Waals surface area contributed by atoms with Crippen LogP contribution in [0.2, 0.25) is 0 Å². The highest BCUT2D eigenvalue weighted by Gasteiger charge is 2.68. The SMILES string of the molecule is C[C@]1(O)CC[C@H]2[C@@H]3CCC4(Cl)C(Cl)C(=O)CC[C@]4(C)[C@H]3CC[C@@]21C. The van der Waals surface area contributed by atoms with E-state index in [1.54, 1.807) is 0 Å². The predicted molar refractivity (Wildman–Crippen MR) is 97.5 cm³/mol. The zero-order valence-electron chi connectivity index (χ0n) is 15.1. The van der Waals surface area contributed by atoms with Gasteiger partial charge in [0.2, 0.25) is 0 Å². The second-order valence-electron chi connectivity index (χ2n) is 9.79. The van der Waals surface area contributed by atoms with Crippen LogP contribution in [0.1, 0.15) is 72.1 Å². The molecule has 0 bridgehead atoms. The first-order valence-electron chi connectivity index (χ1n) is 9.65. The number of halogens is 2. The van der Waals surface area contributed by atoms with Crippen molar-refractivity contribution in [2.75, 3.05) is 0 Å². The van der Waals surface area contributed by atoms with Gasteiger partial charge < -0.3 is 5.11 Å². The van der Waals surface area contributed by atoms with Crippen LogP contribution >= 0.6 is 23.2 Å². The zero-order valence-corrected chi connectivity index (χ0v) is 16.6. The Labute approximate surface area is 155 Å². The van der Waals surface area contributed by atoms with Gasteiger partial charge in [-0.15, -0.1) is 23.2 Å². The maximum atomic E-state index is 12.2. The molecule has 0 saturated heterocycles. The lowest BCUT2D eigenvalue weighted by molar-refractivity contribution is -0.147. The molecule has 0 aliphatic heterocycles. The Hall–Kier alpha value is 0.210. The second kappa shape index (κ2) is 5.14. The van der Waals surface area contributed by atoms with Gasteiger partial charge in [0.25, 0.3) is 0 Å². The lowest BCUT2D eigenvalue weighted by Gasteiger charge is -2.64. The first-order valence-corrected chi connectivity index (χ1v) is 10.5. The number of fused-ring (bicyclic) bond motifs is 5. The van der Waals surface area contributed by atoms with E-state index in [9.17, 15) is 9.90 Å². The van der Waals surface area contributed by atoms with Gasteiger partial charge in [-0.3, -0.25) is 4.79 Å². The van der Waals surface area contributed by atoms with E-state index in [1.807, 2.05) is 6.92 Å². The van der Waals surface area contributed by atoms with Crippen LogP contribution in [0, 0.1) is 28.6 Å². The van der Waals surface area contributed by atoms with Gasteiger partial charge in [0.15, 0.2) is 5.78 Å². The summed E-state index contributed by atoms with van der Waals surface area (Å²) in [5, 5.41) is 10.4. The molecule has 136 valence electrons. The molecule has 0 radical (unpaired) electrons. The van der Waals surface area contributed by atoms with Crippen molar-refractivity contribution in [1.29, 1.82) is 0 Å². The van der Waals surface area contributed by atoms with Crippen molar-refractivity contribution < 1.29 is 9.90 Å². The minimum atomic E-state index is -0.583. The van der Waals surface area contributed by atoms with Gasteiger partial charge in [-0.05, 0) is 80.5 Å². The number of alkyl halides is 2. The molecule has 4 saturated carbocycles. The van der Waals surface area contributed by atoms with E-state index in [2.05, 4.69) is 13.8 Å². The Bertz CT molecular complexity index is 576. The summed E-state index contributed by atoms with van der Waals surface area (Å²) in [5.41, 5.74) is -0.578. The van der Waals surface area contributed by atoms with Crippen LogP contribution in [0.15, 0.2) is 0 Å². The normalized spacial score (nSPS) is 60.3. The van der Waals surface area contributed by atoms with Gasteiger partial charge in [0.1, 0.15) is 5.38 Å². The summed E-state index contributed by atoms with van der Waals surface area (Å²) < 4.78 is 0. The van der Waals surface area contributed by atoms with Crippen LogP contribution in [0.4, 0.5) is 0 Å². The highest BCUT2D eigenvalue weighted by atomic mass is 35.5. The molecule has 0 aromatic heterocycles. The zero-order chi connectivity index (χ0) is 17.5. The first-order chi connectivity index (χ1) is 11.1. The summed E-state index contributed by atoms with van der Waals surface area (Å²) in [5.74, 6) is 1.86.